The number of benzene rings is 2. The molecule has 1 unspecified atom stereocenters. The molecule has 0 radical (unpaired) electrons. The predicted molar refractivity (Wildman–Crippen MR) is 101 cm³/mol. The van der Waals surface area contributed by atoms with Crippen molar-refractivity contribution < 1.29 is 9.53 Å². The van der Waals surface area contributed by atoms with Gasteiger partial charge in [-0.3, -0.25) is 4.79 Å². The Hall–Kier alpha value is -2.49. The highest BCUT2D eigenvalue weighted by atomic mass is 16.5. The average Bonchev–Trinajstić information content (AvgIpc) is 2.58. The van der Waals surface area contributed by atoms with Gasteiger partial charge in [0.25, 0.3) is 0 Å². The van der Waals surface area contributed by atoms with Crippen LogP contribution in [0.4, 0.5) is 5.69 Å². The highest BCUT2D eigenvalue weighted by Crippen LogP contribution is 2.31. The summed E-state index contributed by atoms with van der Waals surface area (Å²) in [6.45, 7) is 4.51. The van der Waals surface area contributed by atoms with Gasteiger partial charge in [-0.15, -0.1) is 0 Å². The van der Waals surface area contributed by atoms with Crippen LogP contribution in [0.2, 0.25) is 0 Å². The summed E-state index contributed by atoms with van der Waals surface area (Å²) < 4.78 is 5.71. The Balaban J connectivity index is 1.52. The molecule has 0 fully saturated rings. The molecule has 3 N–H and O–H groups in total. The quantitative estimate of drug-likeness (QED) is 0.814. The summed E-state index contributed by atoms with van der Waals surface area (Å²) in [5.41, 5.74) is 11.5. The first-order chi connectivity index (χ1) is 12.0. The van der Waals surface area contributed by atoms with Crippen LogP contribution in [0.1, 0.15) is 47.6 Å². The van der Waals surface area contributed by atoms with Gasteiger partial charge in [-0.2, -0.15) is 0 Å². The number of rotatable bonds is 5. The van der Waals surface area contributed by atoms with Gasteiger partial charge >= 0.3 is 0 Å². The highest BCUT2D eigenvalue weighted by molar-refractivity contribution is 5.76. The number of anilines is 1. The fraction of sp³-hybridized carbons (Fsp3) is 0.381. The predicted octanol–water partition coefficient (Wildman–Crippen LogP) is 3.85. The van der Waals surface area contributed by atoms with Crippen LogP contribution in [0, 0.1) is 13.8 Å². The Morgan fingerprint density at radius 3 is 2.84 bits per heavy atom. The van der Waals surface area contributed by atoms with Gasteiger partial charge in [0.2, 0.25) is 5.91 Å². The molecule has 3 rings (SSSR count). The minimum Gasteiger partial charge on any atom is -0.493 e. The van der Waals surface area contributed by atoms with E-state index in [1.165, 1.54) is 22.3 Å². The van der Waals surface area contributed by atoms with E-state index >= 15 is 0 Å². The molecule has 0 aliphatic heterocycles. The Bertz CT molecular complexity index is 770. The SMILES string of the molecule is Cc1ccc(OCCC(=O)NC2CCCc3cc(N)ccc32)cc1C. The summed E-state index contributed by atoms with van der Waals surface area (Å²) in [7, 11) is 0. The maximum Gasteiger partial charge on any atom is 0.223 e. The van der Waals surface area contributed by atoms with E-state index in [1.54, 1.807) is 0 Å². The van der Waals surface area contributed by atoms with Gasteiger partial charge in [-0.05, 0) is 79.6 Å². The van der Waals surface area contributed by atoms with Crippen molar-refractivity contribution in [2.75, 3.05) is 12.3 Å². The number of nitrogens with one attached hydrogen (secondary N) is 1. The normalized spacial score (nSPS) is 16.2. The summed E-state index contributed by atoms with van der Waals surface area (Å²) in [5, 5.41) is 3.14. The molecule has 0 saturated carbocycles. The van der Waals surface area contributed by atoms with Crippen LogP contribution in [0.5, 0.6) is 5.75 Å². The van der Waals surface area contributed by atoms with E-state index < -0.39 is 0 Å². The Kier molecular flexibility index (Phi) is 5.27. The number of carbonyl (C=O) groups excluding carboxylic acids is 1. The summed E-state index contributed by atoms with van der Waals surface area (Å²) in [6, 6.07) is 12.0. The van der Waals surface area contributed by atoms with Crippen molar-refractivity contribution in [1.29, 1.82) is 0 Å². The maximum atomic E-state index is 12.3. The molecule has 1 amide bonds. The summed E-state index contributed by atoms with van der Waals surface area (Å²) in [4.78, 5) is 12.3. The highest BCUT2D eigenvalue weighted by Gasteiger charge is 2.21. The number of ether oxygens (including phenoxy) is 1. The lowest BCUT2D eigenvalue weighted by Gasteiger charge is -2.26. The van der Waals surface area contributed by atoms with E-state index in [4.69, 9.17) is 10.5 Å². The lowest BCUT2D eigenvalue weighted by atomic mass is 9.87. The second kappa shape index (κ2) is 7.60. The first kappa shape index (κ1) is 17.3. The minimum absolute atomic E-state index is 0.0264. The molecule has 25 heavy (non-hydrogen) atoms. The number of fused-ring (bicyclic) bond motifs is 1. The lowest BCUT2D eigenvalue weighted by Crippen LogP contribution is -2.31. The lowest BCUT2D eigenvalue weighted by molar-refractivity contribution is -0.122. The third-order valence-corrected chi connectivity index (χ3v) is 4.89. The minimum atomic E-state index is 0.0264. The molecule has 0 heterocycles. The van der Waals surface area contributed by atoms with Gasteiger partial charge in [-0.1, -0.05) is 12.1 Å². The van der Waals surface area contributed by atoms with Crippen LogP contribution in [0.25, 0.3) is 0 Å². The van der Waals surface area contributed by atoms with E-state index in [-0.39, 0.29) is 11.9 Å². The molecular weight excluding hydrogens is 312 g/mol. The Morgan fingerprint density at radius 1 is 1.20 bits per heavy atom. The molecule has 4 nitrogen and oxygen atoms in total. The molecule has 1 aliphatic carbocycles. The third-order valence-electron chi connectivity index (χ3n) is 4.89. The van der Waals surface area contributed by atoms with E-state index in [0.29, 0.717) is 13.0 Å². The zero-order valence-corrected chi connectivity index (χ0v) is 15.0. The van der Waals surface area contributed by atoms with E-state index in [9.17, 15) is 4.79 Å². The standard InChI is InChI=1S/C21H26N2O2/c1-14-6-8-18(12-15(14)2)25-11-10-21(24)23-20-5-3-4-16-13-17(22)7-9-19(16)20/h6-9,12-13,20H,3-5,10-11,22H2,1-2H3,(H,23,24). The number of carbonyl (C=O) groups is 1. The van der Waals surface area contributed by atoms with Gasteiger partial charge in [-0.25, -0.2) is 0 Å². The van der Waals surface area contributed by atoms with Crippen molar-refractivity contribution in [2.45, 2.75) is 45.6 Å². The molecule has 2 aromatic carbocycles. The monoisotopic (exact) mass is 338 g/mol. The molecular formula is C21H26N2O2. The van der Waals surface area contributed by atoms with Crippen molar-refractivity contribution in [3.8, 4) is 5.75 Å². The molecule has 132 valence electrons. The van der Waals surface area contributed by atoms with Crippen LogP contribution in [0.15, 0.2) is 36.4 Å². The molecule has 1 atom stereocenters. The molecule has 0 bridgehead atoms. The zero-order valence-electron chi connectivity index (χ0n) is 15.0. The van der Waals surface area contributed by atoms with Gasteiger partial charge in [0.05, 0.1) is 19.1 Å². The second-order valence-corrected chi connectivity index (χ2v) is 6.82. The number of nitrogen functional groups attached to an aromatic ring is 1. The molecule has 4 heteroatoms. The topological polar surface area (TPSA) is 64.3 Å². The van der Waals surface area contributed by atoms with Gasteiger partial charge < -0.3 is 15.8 Å². The van der Waals surface area contributed by atoms with Crippen molar-refractivity contribution in [1.82, 2.24) is 5.32 Å². The number of hydrogen-bond donors (Lipinski definition) is 2. The molecule has 0 saturated heterocycles. The van der Waals surface area contributed by atoms with Gasteiger partial charge in [0.15, 0.2) is 0 Å². The smallest absolute Gasteiger partial charge is 0.223 e. The fourth-order valence-corrected chi connectivity index (χ4v) is 3.32. The summed E-state index contributed by atoms with van der Waals surface area (Å²) >= 11 is 0. The number of amides is 1. The third kappa shape index (κ3) is 4.32. The van der Waals surface area contributed by atoms with Gasteiger partial charge in [0.1, 0.15) is 5.75 Å². The molecule has 0 aromatic heterocycles. The number of nitrogens with two attached hydrogens (primary N) is 1. The summed E-state index contributed by atoms with van der Waals surface area (Å²) in [6.07, 6.45) is 3.43. The average molecular weight is 338 g/mol. The Labute approximate surface area is 149 Å². The Morgan fingerprint density at radius 2 is 2.04 bits per heavy atom. The van der Waals surface area contributed by atoms with Crippen molar-refractivity contribution >= 4 is 11.6 Å². The van der Waals surface area contributed by atoms with Crippen LogP contribution in [0.3, 0.4) is 0 Å². The second-order valence-electron chi connectivity index (χ2n) is 6.82. The molecule has 1 aliphatic rings. The zero-order chi connectivity index (χ0) is 17.8. The van der Waals surface area contributed by atoms with E-state index in [2.05, 4.69) is 19.2 Å². The fourth-order valence-electron chi connectivity index (χ4n) is 3.32. The molecule has 0 spiro atoms. The first-order valence-corrected chi connectivity index (χ1v) is 8.90. The molecule has 2 aromatic rings. The largest absolute Gasteiger partial charge is 0.493 e. The van der Waals surface area contributed by atoms with E-state index in [1.807, 2.05) is 36.4 Å². The van der Waals surface area contributed by atoms with Crippen LogP contribution >= 0.6 is 0 Å². The number of aryl methyl sites for hydroxylation is 3. The van der Waals surface area contributed by atoms with Gasteiger partial charge in [0, 0.05) is 5.69 Å². The van der Waals surface area contributed by atoms with E-state index in [0.717, 1.165) is 30.7 Å². The van der Waals surface area contributed by atoms with Crippen molar-refractivity contribution in [3.05, 3.63) is 58.7 Å². The number of hydrogen-bond acceptors (Lipinski definition) is 3. The van der Waals surface area contributed by atoms with Crippen molar-refractivity contribution in [2.24, 2.45) is 0 Å². The van der Waals surface area contributed by atoms with Crippen LogP contribution < -0.4 is 15.8 Å². The summed E-state index contributed by atoms with van der Waals surface area (Å²) in [5.74, 6) is 0.841. The maximum absolute atomic E-state index is 12.3. The van der Waals surface area contributed by atoms with Crippen molar-refractivity contribution in [3.63, 3.8) is 0 Å². The van der Waals surface area contributed by atoms with Crippen LogP contribution in [-0.2, 0) is 11.2 Å². The first-order valence-electron chi connectivity index (χ1n) is 8.90. The van der Waals surface area contributed by atoms with Crippen LogP contribution in [-0.4, -0.2) is 12.5 Å².